The predicted octanol–water partition coefficient (Wildman–Crippen LogP) is 7.88. The molecule has 1 heterocycles. The molecule has 1 aliphatic carbocycles. The van der Waals surface area contributed by atoms with Gasteiger partial charge in [-0.15, -0.1) is 0 Å². The maximum atomic E-state index is 11.8. The molecular formula is C31H45N3O2Si. The number of fused-ring (bicyclic) bond motifs is 1. The van der Waals surface area contributed by atoms with Gasteiger partial charge in [0.1, 0.15) is 11.6 Å². The number of nitrogens with one attached hydrogen (secondary N) is 1. The summed E-state index contributed by atoms with van der Waals surface area (Å²) in [5.74, 6) is 1.56. The maximum Gasteiger partial charge on any atom is 0.192 e. The summed E-state index contributed by atoms with van der Waals surface area (Å²) in [6.07, 6.45) is 3.37. The largest absolute Gasteiger partial charge is 0.414 e. The number of aliphatic hydroxyl groups is 1. The van der Waals surface area contributed by atoms with Crippen molar-refractivity contribution in [2.45, 2.75) is 110 Å². The molecule has 0 unspecified atom stereocenters. The van der Waals surface area contributed by atoms with Crippen molar-refractivity contribution in [3.63, 3.8) is 0 Å². The molecule has 3 aromatic rings. The Kier molecular flexibility index (Phi) is 7.59. The molecule has 0 aliphatic heterocycles. The Bertz CT molecular complexity index is 1270. The van der Waals surface area contributed by atoms with Crippen molar-refractivity contribution in [1.29, 1.82) is 0 Å². The lowest BCUT2D eigenvalue weighted by molar-refractivity contribution is -0.0329. The van der Waals surface area contributed by atoms with Gasteiger partial charge in [0.2, 0.25) is 0 Å². The van der Waals surface area contributed by atoms with E-state index in [0.717, 1.165) is 46.5 Å². The molecule has 0 amide bonds. The van der Waals surface area contributed by atoms with Gasteiger partial charge in [-0.1, -0.05) is 56.7 Å². The fourth-order valence-electron chi connectivity index (χ4n) is 5.19. The molecule has 1 fully saturated rings. The van der Waals surface area contributed by atoms with E-state index in [2.05, 4.69) is 96.4 Å². The van der Waals surface area contributed by atoms with E-state index in [1.54, 1.807) is 0 Å². The Hall–Kier alpha value is -2.28. The quantitative estimate of drug-likeness (QED) is 0.324. The number of rotatable bonds is 6. The summed E-state index contributed by atoms with van der Waals surface area (Å²) in [5.41, 5.74) is 4.56. The molecular weight excluding hydrogens is 474 g/mol. The lowest BCUT2D eigenvalue weighted by atomic mass is 9.78. The first kappa shape index (κ1) is 27.7. The summed E-state index contributed by atoms with van der Waals surface area (Å²) in [5, 5.41) is 16.6. The van der Waals surface area contributed by atoms with Crippen LogP contribution in [0.4, 0.5) is 5.82 Å². The van der Waals surface area contributed by atoms with Gasteiger partial charge in [0.15, 0.2) is 8.32 Å². The highest BCUT2D eigenvalue weighted by Crippen LogP contribution is 2.44. The van der Waals surface area contributed by atoms with Crippen LogP contribution in [0, 0.1) is 20.8 Å². The van der Waals surface area contributed by atoms with Gasteiger partial charge in [-0.25, -0.2) is 9.97 Å². The molecule has 4 rings (SSSR count). The van der Waals surface area contributed by atoms with E-state index >= 15 is 0 Å². The molecule has 5 nitrogen and oxygen atoms in total. The van der Waals surface area contributed by atoms with Gasteiger partial charge in [0.25, 0.3) is 0 Å². The molecule has 0 spiro atoms. The van der Waals surface area contributed by atoms with Crippen molar-refractivity contribution in [1.82, 2.24) is 9.97 Å². The Morgan fingerprint density at radius 3 is 2.35 bits per heavy atom. The first-order valence-corrected chi connectivity index (χ1v) is 16.6. The third-order valence-corrected chi connectivity index (χ3v) is 13.1. The van der Waals surface area contributed by atoms with Crippen LogP contribution in [0.1, 0.15) is 87.5 Å². The zero-order valence-electron chi connectivity index (χ0n) is 24.2. The number of aryl methyl sites for hydroxylation is 3. The summed E-state index contributed by atoms with van der Waals surface area (Å²) < 4.78 is 6.69. The van der Waals surface area contributed by atoms with Crippen LogP contribution < -0.4 is 5.32 Å². The first-order valence-electron chi connectivity index (χ1n) is 13.7. The predicted molar refractivity (Wildman–Crippen MR) is 157 cm³/mol. The molecule has 6 heteroatoms. The van der Waals surface area contributed by atoms with E-state index < -0.39 is 13.9 Å². The van der Waals surface area contributed by atoms with Crippen LogP contribution in [-0.4, -0.2) is 29.5 Å². The van der Waals surface area contributed by atoms with E-state index in [1.807, 2.05) is 6.92 Å². The molecule has 1 aliphatic rings. The molecule has 1 aromatic heterocycles. The monoisotopic (exact) mass is 519 g/mol. The molecule has 0 saturated heterocycles. The van der Waals surface area contributed by atoms with E-state index in [0.29, 0.717) is 12.8 Å². The minimum Gasteiger partial charge on any atom is -0.414 e. The van der Waals surface area contributed by atoms with Crippen molar-refractivity contribution in [3.05, 3.63) is 64.5 Å². The molecule has 0 radical (unpaired) electrons. The number of anilines is 1. The van der Waals surface area contributed by atoms with Gasteiger partial charge in [-0.05, 0) is 94.3 Å². The van der Waals surface area contributed by atoms with Crippen LogP contribution in [0.5, 0.6) is 0 Å². The number of hydrogen-bond acceptors (Lipinski definition) is 5. The van der Waals surface area contributed by atoms with Crippen molar-refractivity contribution >= 4 is 25.0 Å². The highest BCUT2D eigenvalue weighted by atomic mass is 28.4. The minimum atomic E-state index is -1.83. The van der Waals surface area contributed by atoms with Gasteiger partial charge in [0.05, 0.1) is 11.1 Å². The van der Waals surface area contributed by atoms with E-state index in [9.17, 15) is 5.11 Å². The second kappa shape index (κ2) is 10.1. The van der Waals surface area contributed by atoms with Gasteiger partial charge >= 0.3 is 0 Å². The molecule has 1 atom stereocenters. The second-order valence-corrected chi connectivity index (χ2v) is 17.5. The van der Waals surface area contributed by atoms with Crippen LogP contribution >= 0.6 is 0 Å². The molecule has 37 heavy (non-hydrogen) atoms. The van der Waals surface area contributed by atoms with Crippen molar-refractivity contribution in [3.8, 4) is 0 Å². The number of hydrogen-bond donors (Lipinski definition) is 2. The standard InChI is InChI=1S/C31H45N3O2Si/c1-20-11-10-12-24(17-20)22(3)32-29-27-19-25(18-21(2)28(27)33-23(4)34-29)31(35)15-13-26(14-16-31)36-37(8,9)30(5,6)7/h10-12,17-19,22,26,35H,13-16H2,1-9H3,(H,32,33,34)/t22-,26?,31?/m1/s1. The van der Waals surface area contributed by atoms with Gasteiger partial charge in [0, 0.05) is 17.5 Å². The Balaban J connectivity index is 1.62. The van der Waals surface area contributed by atoms with Gasteiger partial charge in [-0.3, -0.25) is 0 Å². The van der Waals surface area contributed by atoms with Crippen LogP contribution in [0.25, 0.3) is 10.9 Å². The minimum absolute atomic E-state index is 0.0902. The summed E-state index contributed by atoms with van der Waals surface area (Å²) in [4.78, 5) is 9.56. The maximum absolute atomic E-state index is 11.8. The van der Waals surface area contributed by atoms with E-state index in [4.69, 9.17) is 14.4 Å². The number of benzene rings is 2. The van der Waals surface area contributed by atoms with Gasteiger partial charge in [-0.2, -0.15) is 0 Å². The first-order chi connectivity index (χ1) is 17.2. The van der Waals surface area contributed by atoms with Crippen molar-refractivity contribution in [2.75, 3.05) is 5.32 Å². The van der Waals surface area contributed by atoms with Crippen LogP contribution in [0.15, 0.2) is 36.4 Å². The zero-order chi connectivity index (χ0) is 27.2. The van der Waals surface area contributed by atoms with Crippen LogP contribution in [-0.2, 0) is 10.0 Å². The zero-order valence-corrected chi connectivity index (χ0v) is 25.2. The van der Waals surface area contributed by atoms with Crippen LogP contribution in [0.3, 0.4) is 0 Å². The molecule has 200 valence electrons. The Morgan fingerprint density at radius 1 is 1.05 bits per heavy atom. The fourth-order valence-corrected chi connectivity index (χ4v) is 6.62. The number of aromatic nitrogens is 2. The van der Waals surface area contributed by atoms with Crippen molar-refractivity contribution < 1.29 is 9.53 Å². The lowest BCUT2D eigenvalue weighted by Crippen LogP contribution is -2.46. The highest BCUT2D eigenvalue weighted by molar-refractivity contribution is 6.74. The fraction of sp³-hybridized carbons (Fsp3) is 0.548. The van der Waals surface area contributed by atoms with E-state index in [1.165, 1.54) is 11.1 Å². The summed E-state index contributed by atoms with van der Waals surface area (Å²) >= 11 is 0. The topological polar surface area (TPSA) is 67.3 Å². The van der Waals surface area contributed by atoms with Crippen molar-refractivity contribution in [2.24, 2.45) is 0 Å². The molecule has 2 aromatic carbocycles. The third kappa shape index (κ3) is 5.92. The highest BCUT2D eigenvalue weighted by Gasteiger charge is 2.42. The van der Waals surface area contributed by atoms with Crippen LogP contribution in [0.2, 0.25) is 18.1 Å². The number of nitrogens with zero attached hydrogens (tertiary/aromatic N) is 2. The summed E-state index contributed by atoms with van der Waals surface area (Å²) in [7, 11) is -1.83. The smallest absolute Gasteiger partial charge is 0.192 e. The Morgan fingerprint density at radius 2 is 1.73 bits per heavy atom. The Labute approximate surface area is 224 Å². The molecule has 2 N–H and O–H groups in total. The second-order valence-electron chi connectivity index (χ2n) is 12.7. The molecule has 1 saturated carbocycles. The summed E-state index contributed by atoms with van der Waals surface area (Å²) in [6.45, 7) is 19.8. The SMILES string of the molecule is Cc1cccc([C@@H](C)Nc2nc(C)nc3c(C)cc(C4(O)CCC(O[Si](C)(C)C(C)(C)C)CC4)cc23)c1. The lowest BCUT2D eigenvalue weighted by Gasteiger charge is -2.43. The normalized spacial score (nSPS) is 21.7. The third-order valence-electron chi connectivity index (χ3n) is 8.56. The molecule has 0 bridgehead atoms. The average Bonchev–Trinajstić information content (AvgIpc) is 2.80. The van der Waals surface area contributed by atoms with E-state index in [-0.39, 0.29) is 17.2 Å². The van der Waals surface area contributed by atoms with Gasteiger partial charge < -0.3 is 14.8 Å². The average molecular weight is 520 g/mol. The summed E-state index contributed by atoms with van der Waals surface area (Å²) in [6, 6.07) is 12.9.